The van der Waals surface area contributed by atoms with Crippen LogP contribution in [0.3, 0.4) is 0 Å². The zero-order valence-electron chi connectivity index (χ0n) is 15.9. The molecule has 0 amide bonds. The zero-order chi connectivity index (χ0) is 18.4. The van der Waals surface area contributed by atoms with E-state index in [4.69, 9.17) is 4.74 Å². The summed E-state index contributed by atoms with van der Waals surface area (Å²) in [6.45, 7) is 14.2. The van der Waals surface area contributed by atoms with Gasteiger partial charge in [0, 0.05) is 6.61 Å². The topological polar surface area (TPSA) is 58.9 Å². The van der Waals surface area contributed by atoms with Crippen molar-refractivity contribution < 1.29 is 14.6 Å². The van der Waals surface area contributed by atoms with Gasteiger partial charge in [0.2, 0.25) is 6.08 Å². The third-order valence-electron chi connectivity index (χ3n) is 3.95. The Kier molecular flexibility index (Phi) is 7.19. The second kappa shape index (κ2) is 8.46. The number of aliphatic imine (C=N–C) groups is 1. The quantitative estimate of drug-likeness (QED) is 0.460. The van der Waals surface area contributed by atoms with Crippen molar-refractivity contribution in [2.24, 2.45) is 4.99 Å². The van der Waals surface area contributed by atoms with Gasteiger partial charge in [0.15, 0.2) is 0 Å². The molecule has 4 heteroatoms. The molecule has 1 aromatic carbocycles. The number of ether oxygens (including phenoxy) is 1. The van der Waals surface area contributed by atoms with E-state index < -0.39 is 0 Å². The number of aryl methyl sites for hydroxylation is 1. The fourth-order valence-corrected chi connectivity index (χ4v) is 2.62. The average Bonchev–Trinajstić information content (AvgIpc) is 2.45. The van der Waals surface area contributed by atoms with Gasteiger partial charge in [-0.15, -0.1) is 0 Å². The zero-order valence-corrected chi connectivity index (χ0v) is 15.9. The Labute approximate surface area is 146 Å². The number of phenols is 1. The van der Waals surface area contributed by atoms with Gasteiger partial charge in [-0.25, -0.2) is 9.79 Å². The Bertz CT molecular complexity index is 553. The lowest BCUT2D eigenvalue weighted by atomic mass is 9.78. The minimum Gasteiger partial charge on any atom is -0.507 e. The monoisotopic (exact) mass is 333 g/mol. The Hall–Kier alpha value is -1.64. The van der Waals surface area contributed by atoms with Gasteiger partial charge in [0.05, 0.1) is 13.2 Å². The summed E-state index contributed by atoms with van der Waals surface area (Å²) in [6, 6.07) is 4.22. The molecule has 0 spiro atoms. The Morgan fingerprint density at radius 1 is 1.04 bits per heavy atom. The SMILES string of the molecule is CC(C)(C)c1cc(CCCOCCN=C=O)cc(C(C)(C)C)c1O. The normalized spacial score (nSPS) is 12.1. The van der Waals surface area contributed by atoms with Crippen molar-refractivity contribution >= 4 is 6.08 Å². The highest BCUT2D eigenvalue weighted by Gasteiger charge is 2.26. The summed E-state index contributed by atoms with van der Waals surface area (Å²) in [5.41, 5.74) is 2.99. The number of rotatable bonds is 7. The van der Waals surface area contributed by atoms with Crippen LogP contribution < -0.4 is 0 Å². The predicted octanol–water partition coefficient (Wildman–Crippen LogP) is 4.27. The molecule has 0 aromatic heterocycles. The molecule has 0 unspecified atom stereocenters. The van der Waals surface area contributed by atoms with Crippen molar-refractivity contribution in [2.45, 2.75) is 65.2 Å². The summed E-state index contributed by atoms with van der Waals surface area (Å²) in [6.07, 6.45) is 3.29. The summed E-state index contributed by atoms with van der Waals surface area (Å²) in [7, 11) is 0. The van der Waals surface area contributed by atoms with Crippen molar-refractivity contribution in [1.82, 2.24) is 0 Å². The van der Waals surface area contributed by atoms with Crippen LogP contribution in [0.25, 0.3) is 0 Å². The lowest BCUT2D eigenvalue weighted by Gasteiger charge is -2.28. The van der Waals surface area contributed by atoms with Crippen LogP contribution in [0.15, 0.2) is 17.1 Å². The number of aromatic hydroxyl groups is 1. The summed E-state index contributed by atoms with van der Waals surface area (Å²) in [5.74, 6) is 0.418. The van der Waals surface area contributed by atoms with E-state index in [-0.39, 0.29) is 10.8 Å². The number of hydrogen-bond acceptors (Lipinski definition) is 4. The lowest BCUT2D eigenvalue weighted by Crippen LogP contribution is -2.18. The van der Waals surface area contributed by atoms with Crippen LogP contribution in [-0.4, -0.2) is 30.9 Å². The van der Waals surface area contributed by atoms with Crippen LogP contribution in [-0.2, 0) is 26.8 Å². The molecule has 134 valence electrons. The average molecular weight is 333 g/mol. The van der Waals surface area contributed by atoms with Gasteiger partial charge in [-0.2, -0.15) is 0 Å². The Balaban J connectivity index is 2.86. The van der Waals surface area contributed by atoms with Gasteiger partial charge in [-0.05, 0) is 40.4 Å². The predicted molar refractivity (Wildman–Crippen MR) is 97.6 cm³/mol. The van der Waals surface area contributed by atoms with Crippen LogP contribution in [0.1, 0.15) is 64.7 Å². The second-order valence-corrected chi connectivity index (χ2v) is 8.23. The maximum atomic E-state index is 10.7. The van der Waals surface area contributed by atoms with Crippen LogP contribution >= 0.6 is 0 Å². The van der Waals surface area contributed by atoms with Crippen LogP contribution in [0, 0.1) is 0 Å². The molecule has 0 radical (unpaired) electrons. The number of benzene rings is 1. The molecule has 0 aliphatic rings. The second-order valence-electron chi connectivity index (χ2n) is 8.23. The molecule has 1 N–H and O–H groups in total. The minimum atomic E-state index is -0.108. The molecule has 0 bridgehead atoms. The molecule has 4 nitrogen and oxygen atoms in total. The highest BCUT2D eigenvalue weighted by molar-refractivity contribution is 5.49. The molecule has 1 rings (SSSR count). The summed E-state index contributed by atoms with van der Waals surface area (Å²) < 4.78 is 5.45. The first-order valence-electron chi connectivity index (χ1n) is 8.55. The first kappa shape index (κ1) is 20.4. The van der Waals surface area contributed by atoms with E-state index in [0.717, 1.165) is 24.0 Å². The maximum Gasteiger partial charge on any atom is 0.235 e. The minimum absolute atomic E-state index is 0.108. The molecule has 24 heavy (non-hydrogen) atoms. The van der Waals surface area contributed by atoms with E-state index in [1.165, 1.54) is 11.6 Å². The molecular formula is C20H31NO3. The van der Waals surface area contributed by atoms with Crippen molar-refractivity contribution in [3.63, 3.8) is 0 Å². The number of nitrogens with zero attached hydrogens (tertiary/aromatic N) is 1. The summed E-state index contributed by atoms with van der Waals surface area (Å²) in [5, 5.41) is 10.7. The molecule has 0 aliphatic carbocycles. The van der Waals surface area contributed by atoms with Gasteiger partial charge in [-0.1, -0.05) is 53.7 Å². The number of hydrogen-bond donors (Lipinski definition) is 1. The Morgan fingerprint density at radius 2 is 1.58 bits per heavy atom. The maximum absolute atomic E-state index is 10.7. The van der Waals surface area contributed by atoms with Crippen molar-refractivity contribution in [2.75, 3.05) is 19.8 Å². The number of carbonyl (C=O) groups excluding carboxylic acids is 1. The highest BCUT2D eigenvalue weighted by atomic mass is 16.5. The van der Waals surface area contributed by atoms with Gasteiger partial charge < -0.3 is 9.84 Å². The van der Waals surface area contributed by atoms with E-state index >= 15 is 0 Å². The molecule has 0 saturated carbocycles. The standard InChI is InChI=1S/C20H31NO3/c1-19(2,3)16-12-15(8-7-10-24-11-9-21-14-22)13-17(18(16)23)20(4,5)6/h12-13,23H,7-11H2,1-6H3. The molecular weight excluding hydrogens is 302 g/mol. The van der Waals surface area contributed by atoms with Crippen molar-refractivity contribution in [3.8, 4) is 5.75 Å². The van der Waals surface area contributed by atoms with E-state index in [2.05, 4.69) is 58.7 Å². The van der Waals surface area contributed by atoms with Gasteiger partial charge in [0.1, 0.15) is 5.75 Å². The van der Waals surface area contributed by atoms with E-state index in [9.17, 15) is 9.90 Å². The van der Waals surface area contributed by atoms with Crippen molar-refractivity contribution in [3.05, 3.63) is 28.8 Å². The largest absolute Gasteiger partial charge is 0.507 e. The molecule has 0 aliphatic heterocycles. The Morgan fingerprint density at radius 3 is 2.04 bits per heavy atom. The van der Waals surface area contributed by atoms with E-state index in [0.29, 0.717) is 25.5 Å². The van der Waals surface area contributed by atoms with Crippen LogP contribution in [0.5, 0.6) is 5.75 Å². The lowest BCUT2D eigenvalue weighted by molar-refractivity contribution is 0.139. The molecule has 0 heterocycles. The first-order chi connectivity index (χ1) is 11.1. The van der Waals surface area contributed by atoms with Crippen LogP contribution in [0.2, 0.25) is 0 Å². The fraction of sp³-hybridized carbons (Fsp3) is 0.650. The van der Waals surface area contributed by atoms with Crippen LogP contribution in [0.4, 0.5) is 0 Å². The summed E-state index contributed by atoms with van der Waals surface area (Å²) >= 11 is 0. The smallest absolute Gasteiger partial charge is 0.235 e. The third kappa shape index (κ3) is 6.10. The van der Waals surface area contributed by atoms with Gasteiger partial charge in [0.25, 0.3) is 0 Å². The number of phenolic OH excluding ortho intramolecular Hbond substituents is 1. The van der Waals surface area contributed by atoms with Gasteiger partial charge in [-0.3, -0.25) is 0 Å². The third-order valence-corrected chi connectivity index (χ3v) is 3.95. The molecule has 0 atom stereocenters. The van der Waals surface area contributed by atoms with E-state index in [1.807, 2.05) is 0 Å². The highest BCUT2D eigenvalue weighted by Crippen LogP contribution is 2.39. The first-order valence-corrected chi connectivity index (χ1v) is 8.55. The molecule has 0 fully saturated rings. The number of isocyanates is 1. The molecule has 0 saturated heterocycles. The summed E-state index contributed by atoms with van der Waals surface area (Å²) in [4.78, 5) is 13.4. The van der Waals surface area contributed by atoms with E-state index in [1.54, 1.807) is 0 Å². The van der Waals surface area contributed by atoms with Crippen molar-refractivity contribution in [1.29, 1.82) is 0 Å². The fourth-order valence-electron chi connectivity index (χ4n) is 2.62. The molecule has 1 aromatic rings. The van der Waals surface area contributed by atoms with Gasteiger partial charge >= 0.3 is 0 Å².